The van der Waals surface area contributed by atoms with Gasteiger partial charge < -0.3 is 14.8 Å². The van der Waals surface area contributed by atoms with E-state index in [-0.39, 0.29) is 17.7 Å². The van der Waals surface area contributed by atoms with E-state index in [1.165, 1.54) is 17.3 Å². The van der Waals surface area contributed by atoms with Crippen LogP contribution in [0.5, 0.6) is 11.5 Å². The first-order valence-electron chi connectivity index (χ1n) is 12.0. The lowest BCUT2D eigenvalue weighted by atomic mass is 10.1. The molecule has 184 valence electrons. The number of aryl methyl sites for hydroxylation is 1. The number of amides is 1. The van der Waals surface area contributed by atoms with Crippen LogP contribution in [-0.2, 0) is 11.2 Å². The van der Waals surface area contributed by atoms with Crippen molar-refractivity contribution in [3.8, 4) is 17.2 Å². The van der Waals surface area contributed by atoms with Crippen molar-refractivity contribution in [2.45, 2.75) is 37.1 Å². The highest BCUT2D eigenvalue weighted by molar-refractivity contribution is 7.99. The smallest absolute Gasteiger partial charge is 0.230 e. The Morgan fingerprint density at radius 2 is 1.69 bits per heavy atom. The Morgan fingerprint density at radius 1 is 1.00 bits per heavy atom. The van der Waals surface area contributed by atoms with Crippen molar-refractivity contribution < 1.29 is 14.3 Å². The Hall–Kier alpha value is -3.78. The highest BCUT2D eigenvalue weighted by Gasteiger charge is 2.29. The summed E-state index contributed by atoms with van der Waals surface area (Å²) in [6.07, 6.45) is 1.38. The van der Waals surface area contributed by atoms with Gasteiger partial charge in [-0.15, -0.1) is 10.2 Å². The number of para-hydroxylation sites is 3. The average Bonchev–Trinajstić information content (AvgIpc) is 3.35. The van der Waals surface area contributed by atoms with Crippen molar-refractivity contribution in [1.82, 2.24) is 20.1 Å². The fourth-order valence-corrected chi connectivity index (χ4v) is 4.87. The van der Waals surface area contributed by atoms with Gasteiger partial charge in [-0.3, -0.25) is 9.36 Å². The van der Waals surface area contributed by atoms with Gasteiger partial charge in [0.15, 0.2) is 28.6 Å². The van der Waals surface area contributed by atoms with Crippen molar-refractivity contribution in [2.75, 3.05) is 12.4 Å². The molecule has 0 saturated carbocycles. The summed E-state index contributed by atoms with van der Waals surface area (Å²) in [4.78, 5) is 12.7. The third-order valence-electron chi connectivity index (χ3n) is 5.92. The van der Waals surface area contributed by atoms with Crippen molar-refractivity contribution in [2.24, 2.45) is 0 Å². The Labute approximate surface area is 214 Å². The van der Waals surface area contributed by atoms with Crippen molar-refractivity contribution in [3.63, 3.8) is 0 Å². The number of aromatic nitrogens is 3. The Bertz CT molecular complexity index is 1300. The molecule has 2 atom stereocenters. The Morgan fingerprint density at radius 3 is 2.47 bits per heavy atom. The van der Waals surface area contributed by atoms with E-state index in [1.54, 1.807) is 0 Å². The Balaban J connectivity index is 1.26. The minimum Gasteiger partial charge on any atom is -0.485 e. The van der Waals surface area contributed by atoms with Crippen LogP contribution in [0.2, 0.25) is 0 Å². The van der Waals surface area contributed by atoms with E-state index in [2.05, 4.69) is 27.6 Å². The molecule has 0 bridgehead atoms. The number of thioether (sulfide) groups is 1. The summed E-state index contributed by atoms with van der Waals surface area (Å²) in [6.45, 7) is 2.36. The van der Waals surface area contributed by atoms with Crippen molar-refractivity contribution in [3.05, 3.63) is 96.3 Å². The summed E-state index contributed by atoms with van der Waals surface area (Å²) in [5.74, 6) is 2.23. The van der Waals surface area contributed by atoms with Gasteiger partial charge in [0, 0.05) is 11.7 Å². The fraction of sp³-hybridized carbons (Fsp3) is 0.250. The van der Waals surface area contributed by atoms with Crippen LogP contribution in [0.1, 0.15) is 30.8 Å². The summed E-state index contributed by atoms with van der Waals surface area (Å²) in [6, 6.07) is 27.8. The fourth-order valence-electron chi connectivity index (χ4n) is 4.10. The van der Waals surface area contributed by atoms with Crippen molar-refractivity contribution in [1.29, 1.82) is 0 Å². The van der Waals surface area contributed by atoms with Crippen LogP contribution in [0.15, 0.2) is 90.1 Å². The van der Waals surface area contributed by atoms with Gasteiger partial charge in [-0.05, 0) is 49.6 Å². The maximum atomic E-state index is 12.7. The first kappa shape index (κ1) is 23.9. The number of hydrogen-bond donors (Lipinski definition) is 1. The van der Waals surface area contributed by atoms with Gasteiger partial charge in [0.05, 0.1) is 5.75 Å². The molecule has 0 spiro atoms. The van der Waals surface area contributed by atoms with Crippen LogP contribution < -0.4 is 14.8 Å². The first-order valence-corrected chi connectivity index (χ1v) is 13.0. The van der Waals surface area contributed by atoms with E-state index >= 15 is 0 Å². The lowest BCUT2D eigenvalue weighted by Crippen LogP contribution is -2.34. The SMILES string of the molecule is C[C@H](CCc1ccccc1)NC(=O)CSc1nnc([C@H]2COc3ccccc3O2)n1-c1ccccc1. The summed E-state index contributed by atoms with van der Waals surface area (Å²) < 4.78 is 14.1. The third kappa shape index (κ3) is 5.71. The molecule has 0 aliphatic carbocycles. The molecule has 1 N–H and O–H groups in total. The zero-order valence-electron chi connectivity index (χ0n) is 20.0. The van der Waals surface area contributed by atoms with Crippen molar-refractivity contribution >= 4 is 17.7 Å². The van der Waals surface area contributed by atoms with Gasteiger partial charge in [-0.1, -0.05) is 72.4 Å². The van der Waals surface area contributed by atoms with Crippen LogP contribution in [0.3, 0.4) is 0 Å². The molecule has 1 amide bonds. The summed E-state index contributed by atoms with van der Waals surface area (Å²) >= 11 is 1.36. The second-order valence-electron chi connectivity index (χ2n) is 8.66. The molecule has 0 saturated heterocycles. The number of hydrogen-bond acceptors (Lipinski definition) is 6. The van der Waals surface area contributed by atoms with E-state index in [9.17, 15) is 4.79 Å². The van der Waals surface area contributed by atoms with E-state index in [4.69, 9.17) is 9.47 Å². The van der Waals surface area contributed by atoms with Crippen LogP contribution in [-0.4, -0.2) is 39.1 Å². The number of carbonyl (C=O) groups excluding carboxylic acids is 1. The van der Waals surface area contributed by atoms with Crippen LogP contribution in [0.4, 0.5) is 0 Å². The summed E-state index contributed by atoms with van der Waals surface area (Å²) in [7, 11) is 0. The minimum atomic E-state index is -0.422. The topological polar surface area (TPSA) is 78.3 Å². The second kappa shape index (κ2) is 11.3. The molecule has 1 aliphatic rings. The van der Waals surface area contributed by atoms with Gasteiger partial charge in [0.2, 0.25) is 5.91 Å². The quantitative estimate of drug-likeness (QED) is 0.326. The summed E-state index contributed by atoms with van der Waals surface area (Å²) in [5, 5.41) is 12.6. The molecule has 8 heteroatoms. The molecule has 1 aromatic heterocycles. The Kier molecular flexibility index (Phi) is 7.52. The van der Waals surface area contributed by atoms with Gasteiger partial charge in [0.25, 0.3) is 0 Å². The lowest BCUT2D eigenvalue weighted by Gasteiger charge is -2.26. The molecule has 0 unspecified atom stereocenters. The molecule has 36 heavy (non-hydrogen) atoms. The van der Waals surface area contributed by atoms with E-state index in [1.807, 2.05) is 84.3 Å². The number of carbonyl (C=O) groups is 1. The number of rotatable bonds is 9. The summed E-state index contributed by atoms with van der Waals surface area (Å²) in [5.41, 5.74) is 2.17. The van der Waals surface area contributed by atoms with E-state index in [0.717, 1.165) is 18.5 Å². The van der Waals surface area contributed by atoms with Gasteiger partial charge in [-0.25, -0.2) is 0 Å². The molecular formula is C28H28N4O3S. The standard InChI is InChI=1S/C28H28N4O3S/c1-20(16-17-21-10-4-2-5-11-21)29-26(33)19-36-28-31-30-27(32(28)22-12-6-3-7-13-22)25-18-34-23-14-8-9-15-24(23)35-25/h2-15,20,25H,16-19H2,1H3,(H,29,33)/t20-,25-/m1/s1. The third-order valence-corrected chi connectivity index (χ3v) is 6.85. The maximum absolute atomic E-state index is 12.7. The largest absolute Gasteiger partial charge is 0.485 e. The number of ether oxygens (including phenoxy) is 2. The van der Waals surface area contributed by atoms with Crippen LogP contribution >= 0.6 is 11.8 Å². The molecule has 2 heterocycles. The number of benzene rings is 3. The molecule has 0 fully saturated rings. The molecule has 7 nitrogen and oxygen atoms in total. The number of nitrogens with zero attached hydrogens (tertiary/aromatic N) is 3. The normalized spacial score (nSPS) is 15.3. The highest BCUT2D eigenvalue weighted by atomic mass is 32.2. The monoisotopic (exact) mass is 500 g/mol. The predicted molar refractivity (Wildman–Crippen MR) is 140 cm³/mol. The molecule has 4 aromatic rings. The van der Waals surface area contributed by atoms with E-state index in [0.29, 0.717) is 29.1 Å². The van der Waals surface area contributed by atoms with E-state index < -0.39 is 6.10 Å². The van der Waals surface area contributed by atoms with Gasteiger partial charge in [-0.2, -0.15) is 0 Å². The number of fused-ring (bicyclic) bond motifs is 1. The first-order chi connectivity index (χ1) is 17.7. The van der Waals surface area contributed by atoms with Crippen LogP contribution in [0, 0.1) is 0 Å². The minimum absolute atomic E-state index is 0.0316. The van der Waals surface area contributed by atoms with Crippen LogP contribution in [0.25, 0.3) is 5.69 Å². The predicted octanol–water partition coefficient (Wildman–Crippen LogP) is 5.01. The molecule has 0 radical (unpaired) electrons. The lowest BCUT2D eigenvalue weighted by molar-refractivity contribution is -0.119. The highest BCUT2D eigenvalue weighted by Crippen LogP contribution is 2.36. The maximum Gasteiger partial charge on any atom is 0.230 e. The van der Waals surface area contributed by atoms with Gasteiger partial charge in [0.1, 0.15) is 6.61 Å². The molecule has 5 rings (SSSR count). The molecule has 3 aromatic carbocycles. The zero-order chi connectivity index (χ0) is 24.7. The number of nitrogens with one attached hydrogen (secondary N) is 1. The van der Waals surface area contributed by atoms with Gasteiger partial charge >= 0.3 is 0 Å². The second-order valence-corrected chi connectivity index (χ2v) is 9.60. The average molecular weight is 501 g/mol. The zero-order valence-corrected chi connectivity index (χ0v) is 20.9. The molecule has 1 aliphatic heterocycles. The molecular weight excluding hydrogens is 472 g/mol.